The monoisotopic (exact) mass is 241 g/mol. The summed E-state index contributed by atoms with van der Waals surface area (Å²) in [5, 5.41) is 8.29. The number of hydrogen-bond donors (Lipinski definition) is 2. The fourth-order valence-corrected chi connectivity index (χ4v) is 2.00. The van der Waals surface area contributed by atoms with Gasteiger partial charge in [-0.3, -0.25) is 10.0 Å². The molecule has 16 heavy (non-hydrogen) atoms. The van der Waals surface area contributed by atoms with Crippen LogP contribution in [-0.2, 0) is 4.79 Å². The van der Waals surface area contributed by atoms with Gasteiger partial charge in [0.05, 0.1) is 7.11 Å². The maximum Gasteiger partial charge on any atom is 0.243 e. The average molecular weight is 241 g/mol. The quantitative estimate of drug-likeness (QED) is 0.346. The largest absolute Gasteiger partial charge is 0.497 e. The van der Waals surface area contributed by atoms with Crippen molar-refractivity contribution >= 4 is 17.7 Å². The number of amides is 1. The van der Waals surface area contributed by atoms with Gasteiger partial charge in [0.15, 0.2) is 0 Å². The minimum Gasteiger partial charge on any atom is -0.497 e. The molecule has 0 spiro atoms. The molecule has 0 saturated carbocycles. The van der Waals surface area contributed by atoms with E-state index in [1.807, 2.05) is 24.3 Å². The Balaban J connectivity index is 2.24. The lowest BCUT2D eigenvalue weighted by Crippen LogP contribution is -2.17. The number of carbonyl (C=O) groups excluding carboxylic acids is 1. The molecule has 0 aromatic heterocycles. The molecule has 0 heterocycles. The van der Waals surface area contributed by atoms with Crippen LogP contribution >= 0.6 is 11.8 Å². The maximum absolute atomic E-state index is 10.7. The zero-order chi connectivity index (χ0) is 11.8. The SMILES string of the molecule is COc1ccc(SCCCC(=O)NO)cc1. The zero-order valence-corrected chi connectivity index (χ0v) is 9.92. The number of hydrogen-bond acceptors (Lipinski definition) is 4. The van der Waals surface area contributed by atoms with Crippen molar-refractivity contribution < 1.29 is 14.7 Å². The summed E-state index contributed by atoms with van der Waals surface area (Å²) >= 11 is 1.67. The third-order valence-corrected chi connectivity index (χ3v) is 3.10. The van der Waals surface area contributed by atoms with Crippen LogP contribution in [0.25, 0.3) is 0 Å². The summed E-state index contributed by atoms with van der Waals surface area (Å²) in [6.45, 7) is 0. The molecule has 0 aliphatic rings. The van der Waals surface area contributed by atoms with Gasteiger partial charge < -0.3 is 4.74 Å². The van der Waals surface area contributed by atoms with Crippen LogP contribution in [0.2, 0.25) is 0 Å². The molecule has 1 aromatic rings. The van der Waals surface area contributed by atoms with Crippen LogP contribution in [0.1, 0.15) is 12.8 Å². The Morgan fingerprint density at radius 1 is 1.44 bits per heavy atom. The van der Waals surface area contributed by atoms with Crippen molar-refractivity contribution in [3.8, 4) is 5.75 Å². The Bertz CT molecular complexity index is 327. The second kappa shape index (κ2) is 7.14. The summed E-state index contributed by atoms with van der Waals surface area (Å²) in [6.07, 6.45) is 1.09. The number of carbonyl (C=O) groups is 1. The summed E-state index contributed by atoms with van der Waals surface area (Å²) in [5.41, 5.74) is 1.61. The van der Waals surface area contributed by atoms with Crippen LogP contribution in [0.15, 0.2) is 29.2 Å². The molecule has 0 unspecified atom stereocenters. The number of benzene rings is 1. The van der Waals surface area contributed by atoms with Crippen molar-refractivity contribution in [3.63, 3.8) is 0 Å². The Kier molecular flexibility index (Phi) is 5.74. The lowest BCUT2D eigenvalue weighted by Gasteiger charge is -2.03. The predicted octanol–water partition coefficient (Wildman–Crippen LogP) is 2.07. The number of rotatable bonds is 6. The van der Waals surface area contributed by atoms with Gasteiger partial charge in [-0.05, 0) is 36.4 Å². The topological polar surface area (TPSA) is 58.6 Å². The Morgan fingerprint density at radius 2 is 2.12 bits per heavy atom. The molecule has 2 N–H and O–H groups in total. The van der Waals surface area contributed by atoms with E-state index in [1.165, 1.54) is 0 Å². The highest BCUT2D eigenvalue weighted by Crippen LogP contribution is 2.22. The molecule has 0 fully saturated rings. The number of hydroxylamine groups is 1. The van der Waals surface area contributed by atoms with Gasteiger partial charge in [-0.15, -0.1) is 11.8 Å². The Labute approximate surface area is 99.0 Å². The van der Waals surface area contributed by atoms with E-state index in [4.69, 9.17) is 9.94 Å². The van der Waals surface area contributed by atoms with Crippen LogP contribution in [-0.4, -0.2) is 24.0 Å². The average Bonchev–Trinajstić information content (AvgIpc) is 2.35. The summed E-state index contributed by atoms with van der Waals surface area (Å²) in [5.74, 6) is 1.35. The smallest absolute Gasteiger partial charge is 0.243 e. The molecule has 88 valence electrons. The van der Waals surface area contributed by atoms with Gasteiger partial charge in [0.25, 0.3) is 0 Å². The normalized spacial score (nSPS) is 9.88. The lowest BCUT2D eigenvalue weighted by atomic mass is 10.3. The molecule has 5 heteroatoms. The van der Waals surface area contributed by atoms with Crippen molar-refractivity contribution in [2.45, 2.75) is 17.7 Å². The van der Waals surface area contributed by atoms with Crippen LogP contribution in [0.5, 0.6) is 5.75 Å². The first-order valence-corrected chi connectivity index (χ1v) is 5.94. The predicted molar refractivity (Wildman–Crippen MR) is 62.9 cm³/mol. The standard InChI is InChI=1S/C11H15NO3S/c1-15-9-4-6-10(7-5-9)16-8-2-3-11(13)12-14/h4-7,14H,2-3,8H2,1H3,(H,12,13). The number of thioether (sulfide) groups is 1. The van der Waals surface area contributed by atoms with Crippen molar-refractivity contribution in [1.82, 2.24) is 5.48 Å². The highest BCUT2D eigenvalue weighted by molar-refractivity contribution is 7.99. The van der Waals surface area contributed by atoms with E-state index < -0.39 is 0 Å². The van der Waals surface area contributed by atoms with Crippen LogP contribution < -0.4 is 10.2 Å². The molecule has 1 aromatic carbocycles. The molecular weight excluding hydrogens is 226 g/mol. The fraction of sp³-hybridized carbons (Fsp3) is 0.364. The molecular formula is C11H15NO3S. The number of methoxy groups -OCH3 is 1. The molecule has 0 bridgehead atoms. The van der Waals surface area contributed by atoms with Gasteiger partial charge >= 0.3 is 0 Å². The molecule has 0 radical (unpaired) electrons. The highest BCUT2D eigenvalue weighted by Gasteiger charge is 1.99. The van der Waals surface area contributed by atoms with Crippen LogP contribution in [0, 0.1) is 0 Å². The zero-order valence-electron chi connectivity index (χ0n) is 9.10. The van der Waals surface area contributed by atoms with Crippen LogP contribution in [0.4, 0.5) is 0 Å². The van der Waals surface area contributed by atoms with Crippen LogP contribution in [0.3, 0.4) is 0 Å². The van der Waals surface area contributed by atoms with E-state index in [2.05, 4.69) is 0 Å². The summed E-state index contributed by atoms with van der Waals surface area (Å²) in [7, 11) is 1.63. The summed E-state index contributed by atoms with van der Waals surface area (Å²) < 4.78 is 5.05. The van der Waals surface area contributed by atoms with E-state index in [0.29, 0.717) is 6.42 Å². The van der Waals surface area contributed by atoms with E-state index in [0.717, 1.165) is 22.8 Å². The van der Waals surface area contributed by atoms with E-state index in [9.17, 15) is 4.79 Å². The van der Waals surface area contributed by atoms with Gasteiger partial charge in [0.2, 0.25) is 5.91 Å². The molecule has 1 amide bonds. The Hall–Kier alpha value is -1.20. The molecule has 1 rings (SSSR count). The second-order valence-corrected chi connectivity index (χ2v) is 4.33. The molecule has 0 atom stereocenters. The third kappa shape index (κ3) is 4.55. The third-order valence-electron chi connectivity index (χ3n) is 2.00. The van der Waals surface area contributed by atoms with Crippen molar-refractivity contribution in [2.24, 2.45) is 0 Å². The van der Waals surface area contributed by atoms with Crippen molar-refractivity contribution in [2.75, 3.05) is 12.9 Å². The van der Waals surface area contributed by atoms with Gasteiger partial charge in [-0.2, -0.15) is 0 Å². The molecule has 0 aliphatic carbocycles. The number of nitrogens with one attached hydrogen (secondary N) is 1. The lowest BCUT2D eigenvalue weighted by molar-refractivity contribution is -0.129. The van der Waals surface area contributed by atoms with Gasteiger partial charge in [0.1, 0.15) is 5.75 Å². The molecule has 4 nitrogen and oxygen atoms in total. The van der Waals surface area contributed by atoms with Gasteiger partial charge in [-0.1, -0.05) is 0 Å². The van der Waals surface area contributed by atoms with Crippen molar-refractivity contribution in [3.05, 3.63) is 24.3 Å². The second-order valence-electron chi connectivity index (χ2n) is 3.16. The van der Waals surface area contributed by atoms with E-state index in [-0.39, 0.29) is 5.91 Å². The molecule has 0 aliphatic heterocycles. The van der Waals surface area contributed by atoms with Gasteiger partial charge in [0, 0.05) is 11.3 Å². The highest BCUT2D eigenvalue weighted by atomic mass is 32.2. The fourth-order valence-electron chi connectivity index (χ4n) is 1.15. The van der Waals surface area contributed by atoms with E-state index in [1.54, 1.807) is 24.4 Å². The minimum atomic E-state index is -0.338. The summed E-state index contributed by atoms with van der Waals surface area (Å²) in [4.78, 5) is 11.9. The van der Waals surface area contributed by atoms with Crippen molar-refractivity contribution in [1.29, 1.82) is 0 Å². The molecule has 0 saturated heterocycles. The Morgan fingerprint density at radius 3 is 2.69 bits per heavy atom. The first kappa shape index (κ1) is 12.9. The van der Waals surface area contributed by atoms with E-state index >= 15 is 0 Å². The minimum absolute atomic E-state index is 0.338. The first-order chi connectivity index (χ1) is 7.76. The maximum atomic E-state index is 10.7. The number of ether oxygens (including phenoxy) is 1. The van der Waals surface area contributed by atoms with Gasteiger partial charge in [-0.25, -0.2) is 5.48 Å². The summed E-state index contributed by atoms with van der Waals surface area (Å²) in [6, 6.07) is 7.77. The first-order valence-electron chi connectivity index (χ1n) is 4.96.